The Morgan fingerprint density at radius 1 is 1.50 bits per heavy atom. The van der Waals surface area contributed by atoms with E-state index in [2.05, 4.69) is 6.92 Å². The van der Waals surface area contributed by atoms with E-state index in [0.29, 0.717) is 12.4 Å². The summed E-state index contributed by atoms with van der Waals surface area (Å²) in [5, 5.41) is 0. The molecule has 0 bridgehead atoms. The molecule has 0 aliphatic rings. The number of thioether (sulfide) groups is 1. The first kappa shape index (κ1) is 13.8. The van der Waals surface area contributed by atoms with Crippen LogP contribution < -0.4 is 0 Å². The van der Waals surface area contributed by atoms with Crippen LogP contribution in [0.3, 0.4) is 0 Å². The number of carbonyl (C=O) groups excluding carboxylic acids is 1. The molecule has 3 nitrogen and oxygen atoms in total. The van der Waals surface area contributed by atoms with Crippen LogP contribution in [0.4, 0.5) is 0 Å². The van der Waals surface area contributed by atoms with Crippen molar-refractivity contribution in [1.29, 1.82) is 0 Å². The van der Waals surface area contributed by atoms with Crippen molar-refractivity contribution < 1.29 is 14.3 Å². The number of carbonyl (C=O) groups is 1. The summed E-state index contributed by atoms with van der Waals surface area (Å²) >= 11 is 1.62. The van der Waals surface area contributed by atoms with Gasteiger partial charge in [-0.1, -0.05) is 6.92 Å². The molecule has 0 fully saturated rings. The second kappa shape index (κ2) is 9.34. The number of esters is 1. The van der Waals surface area contributed by atoms with Gasteiger partial charge < -0.3 is 9.47 Å². The Bertz CT molecular complexity index is 150. The van der Waals surface area contributed by atoms with Crippen LogP contribution >= 0.6 is 11.8 Å². The van der Waals surface area contributed by atoms with Crippen LogP contribution in [0.25, 0.3) is 0 Å². The predicted octanol–water partition coefficient (Wildman–Crippen LogP) is 2.10. The lowest BCUT2D eigenvalue weighted by atomic mass is 10.3. The van der Waals surface area contributed by atoms with Crippen LogP contribution in [0.15, 0.2) is 0 Å². The van der Waals surface area contributed by atoms with E-state index in [1.54, 1.807) is 18.9 Å². The highest BCUT2D eigenvalue weighted by Crippen LogP contribution is 2.03. The molecule has 0 aliphatic heterocycles. The predicted molar refractivity (Wildman–Crippen MR) is 59.7 cm³/mol. The van der Waals surface area contributed by atoms with Crippen LogP contribution in [-0.2, 0) is 14.3 Å². The number of hydrogen-bond acceptors (Lipinski definition) is 4. The maximum absolute atomic E-state index is 11.1. The smallest absolute Gasteiger partial charge is 0.315 e. The second-order valence-corrected chi connectivity index (χ2v) is 4.21. The summed E-state index contributed by atoms with van der Waals surface area (Å²) in [6.07, 6.45) is 2.02. The third-order valence-corrected chi connectivity index (χ3v) is 2.89. The summed E-state index contributed by atoms with van der Waals surface area (Å²) < 4.78 is 10.1. The molecule has 0 saturated heterocycles. The van der Waals surface area contributed by atoms with E-state index in [9.17, 15) is 4.79 Å². The van der Waals surface area contributed by atoms with Crippen molar-refractivity contribution in [1.82, 2.24) is 0 Å². The molecular weight excluding hydrogens is 200 g/mol. The number of hydrogen-bond donors (Lipinski definition) is 0. The Morgan fingerprint density at radius 3 is 2.79 bits per heavy atom. The highest BCUT2D eigenvalue weighted by atomic mass is 32.2. The van der Waals surface area contributed by atoms with Gasteiger partial charge in [-0.2, -0.15) is 11.8 Å². The topological polar surface area (TPSA) is 35.5 Å². The summed E-state index contributed by atoms with van der Waals surface area (Å²) in [7, 11) is 1.66. The van der Waals surface area contributed by atoms with Gasteiger partial charge in [0.2, 0.25) is 0 Å². The SMILES string of the molecule is CCCSCC(=O)OCCC(C)OC. The van der Waals surface area contributed by atoms with Crippen LogP contribution in [0.1, 0.15) is 26.7 Å². The molecule has 0 heterocycles. The first-order valence-electron chi connectivity index (χ1n) is 4.96. The van der Waals surface area contributed by atoms with E-state index in [4.69, 9.17) is 9.47 Å². The molecule has 0 spiro atoms. The van der Waals surface area contributed by atoms with Gasteiger partial charge in [0.25, 0.3) is 0 Å². The summed E-state index contributed by atoms with van der Waals surface area (Å²) in [5.74, 6) is 1.37. The average Bonchev–Trinajstić information content (AvgIpc) is 2.18. The molecule has 0 aromatic carbocycles. The Morgan fingerprint density at radius 2 is 2.21 bits per heavy atom. The molecule has 0 radical (unpaired) electrons. The van der Waals surface area contributed by atoms with Gasteiger partial charge in [0.1, 0.15) is 0 Å². The van der Waals surface area contributed by atoms with Crippen molar-refractivity contribution in [2.75, 3.05) is 25.2 Å². The monoisotopic (exact) mass is 220 g/mol. The largest absolute Gasteiger partial charge is 0.465 e. The Balaban J connectivity index is 3.26. The van der Waals surface area contributed by atoms with Crippen molar-refractivity contribution >= 4 is 17.7 Å². The highest BCUT2D eigenvalue weighted by molar-refractivity contribution is 7.99. The van der Waals surface area contributed by atoms with E-state index >= 15 is 0 Å². The normalized spacial score (nSPS) is 12.5. The van der Waals surface area contributed by atoms with Gasteiger partial charge in [-0.25, -0.2) is 0 Å². The molecule has 0 amide bonds. The summed E-state index contributed by atoms with van der Waals surface area (Å²) in [4.78, 5) is 11.1. The molecule has 4 heteroatoms. The number of rotatable bonds is 8. The van der Waals surface area contributed by atoms with Gasteiger partial charge >= 0.3 is 5.97 Å². The van der Waals surface area contributed by atoms with Gasteiger partial charge in [0, 0.05) is 13.5 Å². The summed E-state index contributed by atoms with van der Waals surface area (Å²) in [6.45, 7) is 4.51. The molecule has 0 aromatic rings. The van der Waals surface area contributed by atoms with Crippen LogP contribution in [-0.4, -0.2) is 37.3 Å². The molecular formula is C10H20O3S. The minimum absolute atomic E-state index is 0.119. The molecule has 1 atom stereocenters. The van der Waals surface area contributed by atoms with Crippen molar-refractivity contribution in [3.63, 3.8) is 0 Å². The first-order chi connectivity index (χ1) is 6.70. The Labute approximate surface area is 90.5 Å². The maximum Gasteiger partial charge on any atom is 0.315 e. The summed E-state index contributed by atoms with van der Waals surface area (Å²) in [5.41, 5.74) is 0. The molecule has 0 aliphatic carbocycles. The fraction of sp³-hybridized carbons (Fsp3) is 0.900. The van der Waals surface area contributed by atoms with E-state index in [1.165, 1.54) is 0 Å². The minimum Gasteiger partial charge on any atom is -0.465 e. The second-order valence-electron chi connectivity index (χ2n) is 3.11. The molecule has 0 saturated carbocycles. The van der Waals surface area contributed by atoms with Gasteiger partial charge in [-0.15, -0.1) is 0 Å². The fourth-order valence-electron chi connectivity index (χ4n) is 0.798. The average molecular weight is 220 g/mol. The fourth-order valence-corrected chi connectivity index (χ4v) is 1.48. The van der Waals surface area contributed by atoms with E-state index in [1.807, 2.05) is 6.92 Å². The molecule has 0 rings (SSSR count). The summed E-state index contributed by atoms with van der Waals surface area (Å²) in [6, 6.07) is 0. The lowest BCUT2D eigenvalue weighted by molar-refractivity contribution is -0.141. The zero-order chi connectivity index (χ0) is 10.8. The Kier molecular flexibility index (Phi) is 9.19. The molecule has 1 unspecified atom stereocenters. The minimum atomic E-state index is -0.119. The number of methoxy groups -OCH3 is 1. The van der Waals surface area contributed by atoms with Crippen molar-refractivity contribution in [2.45, 2.75) is 32.8 Å². The lowest BCUT2D eigenvalue weighted by Crippen LogP contribution is -2.14. The molecule has 0 N–H and O–H groups in total. The lowest BCUT2D eigenvalue weighted by Gasteiger charge is -2.09. The van der Waals surface area contributed by atoms with Gasteiger partial charge in [-0.05, 0) is 19.1 Å². The Hall–Kier alpha value is -0.220. The van der Waals surface area contributed by atoms with Crippen LogP contribution in [0.5, 0.6) is 0 Å². The van der Waals surface area contributed by atoms with Crippen LogP contribution in [0.2, 0.25) is 0 Å². The molecule has 84 valence electrons. The van der Waals surface area contributed by atoms with Crippen molar-refractivity contribution in [3.05, 3.63) is 0 Å². The van der Waals surface area contributed by atoms with E-state index in [0.717, 1.165) is 18.6 Å². The van der Waals surface area contributed by atoms with Gasteiger partial charge in [0.15, 0.2) is 0 Å². The highest BCUT2D eigenvalue weighted by Gasteiger charge is 2.04. The van der Waals surface area contributed by atoms with Crippen LogP contribution in [0, 0.1) is 0 Å². The van der Waals surface area contributed by atoms with Crippen molar-refractivity contribution in [3.8, 4) is 0 Å². The molecule has 0 aromatic heterocycles. The van der Waals surface area contributed by atoms with Gasteiger partial charge in [0.05, 0.1) is 18.5 Å². The maximum atomic E-state index is 11.1. The standard InChI is InChI=1S/C10H20O3S/c1-4-7-14-8-10(11)13-6-5-9(2)12-3/h9H,4-8H2,1-3H3. The van der Waals surface area contributed by atoms with E-state index < -0.39 is 0 Å². The molecule has 14 heavy (non-hydrogen) atoms. The third-order valence-electron chi connectivity index (χ3n) is 1.76. The number of ether oxygens (including phenoxy) is 2. The third kappa shape index (κ3) is 8.38. The van der Waals surface area contributed by atoms with Gasteiger partial charge in [-0.3, -0.25) is 4.79 Å². The first-order valence-corrected chi connectivity index (χ1v) is 6.12. The van der Waals surface area contributed by atoms with Crippen molar-refractivity contribution in [2.24, 2.45) is 0 Å². The zero-order valence-corrected chi connectivity index (χ0v) is 10.1. The van der Waals surface area contributed by atoms with E-state index in [-0.39, 0.29) is 12.1 Å². The zero-order valence-electron chi connectivity index (χ0n) is 9.25. The quantitative estimate of drug-likeness (QED) is 0.463.